The highest BCUT2D eigenvalue weighted by molar-refractivity contribution is 6.51. The molecule has 0 spiro atoms. The summed E-state index contributed by atoms with van der Waals surface area (Å²) in [4.78, 5) is 28.1. The molecule has 1 unspecified atom stereocenters. The van der Waals surface area contributed by atoms with E-state index in [1.165, 1.54) is 12.0 Å². The molecule has 1 atom stereocenters. The second-order valence-corrected chi connectivity index (χ2v) is 8.36. The van der Waals surface area contributed by atoms with Crippen LogP contribution in [0.15, 0.2) is 78.4 Å². The maximum atomic E-state index is 13.4. The van der Waals surface area contributed by atoms with Crippen molar-refractivity contribution in [2.24, 2.45) is 0 Å². The molecule has 1 fully saturated rings. The van der Waals surface area contributed by atoms with Crippen LogP contribution >= 0.6 is 0 Å². The summed E-state index contributed by atoms with van der Waals surface area (Å²) in [6.45, 7) is 4.04. The third-order valence-corrected chi connectivity index (χ3v) is 6.04. The molecule has 0 bridgehead atoms. The third kappa shape index (κ3) is 3.92. The summed E-state index contributed by atoms with van der Waals surface area (Å²) in [5.41, 5.74) is 2.50. The lowest BCUT2D eigenvalue weighted by Gasteiger charge is -2.26. The van der Waals surface area contributed by atoms with Crippen LogP contribution in [0, 0.1) is 0 Å². The summed E-state index contributed by atoms with van der Waals surface area (Å²) in [5.74, 6) is -0.367. The number of benzene rings is 3. The van der Waals surface area contributed by atoms with Crippen molar-refractivity contribution in [2.75, 3.05) is 19.1 Å². The number of carbonyl (C=O) groups is 2. The van der Waals surface area contributed by atoms with Gasteiger partial charge in [-0.05, 0) is 47.9 Å². The molecular formula is C28H27NO5. The van der Waals surface area contributed by atoms with Gasteiger partial charge in [-0.1, -0.05) is 50.2 Å². The van der Waals surface area contributed by atoms with Crippen LogP contribution in [-0.2, 0) is 9.59 Å². The summed E-state index contributed by atoms with van der Waals surface area (Å²) in [6.07, 6.45) is 0. The van der Waals surface area contributed by atoms with Crippen LogP contribution in [0.25, 0.3) is 5.76 Å². The molecule has 1 aliphatic rings. The van der Waals surface area contributed by atoms with E-state index in [9.17, 15) is 14.7 Å². The molecule has 3 aromatic rings. The number of anilines is 1. The van der Waals surface area contributed by atoms with Gasteiger partial charge in [0, 0.05) is 16.8 Å². The maximum absolute atomic E-state index is 13.4. The smallest absolute Gasteiger partial charge is 0.300 e. The van der Waals surface area contributed by atoms with E-state index in [1.54, 1.807) is 61.7 Å². The number of carbonyl (C=O) groups excluding carboxylic acids is 2. The molecule has 3 aromatic carbocycles. The SMILES string of the molecule is COc1ccc(/C(O)=C2\C(=O)C(=O)N(c3ccccc3)C2c2ccccc2OC)cc1C(C)C. The molecule has 34 heavy (non-hydrogen) atoms. The van der Waals surface area contributed by atoms with E-state index in [1.807, 2.05) is 32.0 Å². The highest BCUT2D eigenvalue weighted by Gasteiger charge is 2.47. The highest BCUT2D eigenvalue weighted by atomic mass is 16.5. The molecule has 6 heteroatoms. The number of hydrogen-bond acceptors (Lipinski definition) is 5. The van der Waals surface area contributed by atoms with E-state index in [2.05, 4.69) is 0 Å². The van der Waals surface area contributed by atoms with Crippen LogP contribution in [0.2, 0.25) is 0 Å². The van der Waals surface area contributed by atoms with Gasteiger partial charge in [0.05, 0.1) is 25.8 Å². The number of aliphatic hydroxyl groups is 1. The van der Waals surface area contributed by atoms with E-state index in [-0.39, 0.29) is 17.3 Å². The van der Waals surface area contributed by atoms with Crippen molar-refractivity contribution in [3.8, 4) is 11.5 Å². The van der Waals surface area contributed by atoms with E-state index < -0.39 is 17.7 Å². The van der Waals surface area contributed by atoms with Gasteiger partial charge in [-0.15, -0.1) is 0 Å². The lowest BCUT2D eigenvalue weighted by molar-refractivity contribution is -0.132. The Labute approximate surface area is 199 Å². The van der Waals surface area contributed by atoms with Gasteiger partial charge < -0.3 is 14.6 Å². The Bertz CT molecular complexity index is 1260. The van der Waals surface area contributed by atoms with E-state index in [0.717, 1.165) is 5.56 Å². The van der Waals surface area contributed by atoms with E-state index in [4.69, 9.17) is 9.47 Å². The number of para-hydroxylation sites is 2. The fourth-order valence-corrected chi connectivity index (χ4v) is 4.36. The topological polar surface area (TPSA) is 76.1 Å². The molecular weight excluding hydrogens is 430 g/mol. The van der Waals surface area contributed by atoms with Crippen LogP contribution in [0.5, 0.6) is 11.5 Å². The lowest BCUT2D eigenvalue weighted by atomic mass is 9.92. The van der Waals surface area contributed by atoms with Gasteiger partial charge in [0.15, 0.2) is 0 Å². The van der Waals surface area contributed by atoms with Crippen molar-refractivity contribution < 1.29 is 24.2 Å². The first-order valence-electron chi connectivity index (χ1n) is 11.1. The Hall–Kier alpha value is -4.06. The molecule has 1 amide bonds. The zero-order valence-corrected chi connectivity index (χ0v) is 19.6. The average Bonchev–Trinajstić information content (AvgIpc) is 3.13. The minimum absolute atomic E-state index is 0.0122. The zero-order chi connectivity index (χ0) is 24.4. The highest BCUT2D eigenvalue weighted by Crippen LogP contribution is 2.45. The Morgan fingerprint density at radius 3 is 2.18 bits per heavy atom. The first-order chi connectivity index (χ1) is 16.4. The Morgan fingerprint density at radius 2 is 1.53 bits per heavy atom. The van der Waals surface area contributed by atoms with Crippen molar-refractivity contribution in [3.05, 3.63) is 95.1 Å². The van der Waals surface area contributed by atoms with Gasteiger partial charge in [0.1, 0.15) is 17.3 Å². The minimum Gasteiger partial charge on any atom is -0.507 e. The quantitative estimate of drug-likeness (QED) is 0.302. The van der Waals surface area contributed by atoms with Crippen molar-refractivity contribution in [1.29, 1.82) is 0 Å². The summed E-state index contributed by atoms with van der Waals surface area (Å²) in [7, 11) is 3.12. The lowest BCUT2D eigenvalue weighted by Crippen LogP contribution is -2.29. The average molecular weight is 458 g/mol. The standard InChI is InChI=1S/C28H27NO5/c1-17(2)21-16-18(14-15-23(21)34-4)26(30)24-25(20-12-8-9-13-22(20)33-3)29(28(32)27(24)31)19-10-6-5-7-11-19/h5-17,25,30H,1-4H3/b26-24+. The molecule has 1 saturated heterocycles. The van der Waals surface area contributed by atoms with Crippen LogP contribution in [0.4, 0.5) is 5.69 Å². The molecule has 174 valence electrons. The van der Waals surface area contributed by atoms with Gasteiger partial charge in [-0.2, -0.15) is 0 Å². The van der Waals surface area contributed by atoms with Gasteiger partial charge in [0.25, 0.3) is 11.7 Å². The number of rotatable bonds is 6. The maximum Gasteiger partial charge on any atom is 0.300 e. The normalized spacial score (nSPS) is 17.3. The largest absolute Gasteiger partial charge is 0.507 e. The van der Waals surface area contributed by atoms with Crippen molar-refractivity contribution >= 4 is 23.1 Å². The molecule has 4 rings (SSSR count). The first kappa shape index (κ1) is 23.1. The summed E-state index contributed by atoms with van der Waals surface area (Å²) >= 11 is 0. The Kier molecular flexibility index (Phi) is 6.41. The van der Waals surface area contributed by atoms with Gasteiger partial charge in [-0.25, -0.2) is 0 Å². The fraction of sp³-hybridized carbons (Fsp3) is 0.214. The second-order valence-electron chi connectivity index (χ2n) is 8.36. The zero-order valence-electron chi connectivity index (χ0n) is 19.6. The molecule has 0 saturated carbocycles. The number of amides is 1. The number of nitrogens with zero attached hydrogens (tertiary/aromatic N) is 1. The number of ether oxygens (including phenoxy) is 2. The number of aliphatic hydroxyl groups excluding tert-OH is 1. The second kappa shape index (κ2) is 9.43. The van der Waals surface area contributed by atoms with Crippen molar-refractivity contribution in [1.82, 2.24) is 0 Å². The molecule has 0 aromatic heterocycles. The number of Topliss-reactive ketones (excluding diaryl/α,β-unsaturated/α-hetero) is 1. The number of hydrogen-bond donors (Lipinski definition) is 1. The van der Waals surface area contributed by atoms with Gasteiger partial charge in [0.2, 0.25) is 0 Å². The van der Waals surface area contributed by atoms with Crippen LogP contribution in [0.3, 0.4) is 0 Å². The Balaban J connectivity index is 1.98. The number of ketones is 1. The molecule has 1 N–H and O–H groups in total. The van der Waals surface area contributed by atoms with Gasteiger partial charge >= 0.3 is 0 Å². The predicted molar refractivity (Wildman–Crippen MR) is 131 cm³/mol. The molecule has 6 nitrogen and oxygen atoms in total. The van der Waals surface area contributed by atoms with Crippen molar-refractivity contribution in [3.63, 3.8) is 0 Å². The van der Waals surface area contributed by atoms with E-state index in [0.29, 0.717) is 28.3 Å². The van der Waals surface area contributed by atoms with Gasteiger partial charge in [-0.3, -0.25) is 14.5 Å². The molecule has 1 aliphatic heterocycles. The van der Waals surface area contributed by atoms with Crippen LogP contribution < -0.4 is 14.4 Å². The predicted octanol–water partition coefficient (Wildman–Crippen LogP) is 5.45. The number of methoxy groups -OCH3 is 2. The molecule has 0 radical (unpaired) electrons. The van der Waals surface area contributed by atoms with Crippen LogP contribution in [0.1, 0.15) is 42.5 Å². The fourth-order valence-electron chi connectivity index (χ4n) is 4.36. The summed E-state index contributed by atoms with van der Waals surface area (Å²) < 4.78 is 11.0. The Morgan fingerprint density at radius 1 is 0.882 bits per heavy atom. The third-order valence-electron chi connectivity index (χ3n) is 6.04. The minimum atomic E-state index is -0.858. The monoisotopic (exact) mass is 457 g/mol. The van der Waals surface area contributed by atoms with Crippen molar-refractivity contribution in [2.45, 2.75) is 25.8 Å². The summed E-state index contributed by atoms with van der Waals surface area (Å²) in [5, 5.41) is 11.4. The first-order valence-corrected chi connectivity index (χ1v) is 11.1. The summed E-state index contributed by atoms with van der Waals surface area (Å²) in [6, 6.07) is 20.5. The molecule has 1 heterocycles. The molecule has 0 aliphatic carbocycles. The van der Waals surface area contributed by atoms with Crippen LogP contribution in [-0.4, -0.2) is 31.0 Å². The van der Waals surface area contributed by atoms with E-state index >= 15 is 0 Å².